The second kappa shape index (κ2) is 16.1. The number of hydrogen-bond acceptors (Lipinski definition) is 8. The molecule has 1 saturated heterocycles. The van der Waals surface area contributed by atoms with Crippen LogP contribution in [0.5, 0.6) is 0 Å². The van der Waals surface area contributed by atoms with Crippen molar-refractivity contribution in [3.05, 3.63) is 35.9 Å². The molecule has 13 heteroatoms. The van der Waals surface area contributed by atoms with E-state index < -0.39 is 53.5 Å². The second-order valence-corrected chi connectivity index (χ2v) is 12.9. The lowest BCUT2D eigenvalue weighted by Crippen LogP contribution is -2.54. The average Bonchev–Trinajstić information content (AvgIpc) is 2.90. The number of amides is 3. The van der Waals surface area contributed by atoms with Gasteiger partial charge in [-0.1, -0.05) is 30.3 Å². The zero-order chi connectivity index (χ0) is 33.1. The highest BCUT2D eigenvalue weighted by molar-refractivity contribution is 5.93. The Morgan fingerprint density at radius 1 is 0.932 bits per heavy atom. The number of nitrogens with zero attached hydrogens (tertiary/aromatic N) is 1. The molecule has 0 aliphatic carbocycles. The number of nitrogens with two attached hydrogens (primary N) is 1. The van der Waals surface area contributed by atoms with Gasteiger partial charge in [-0.25, -0.2) is 4.79 Å². The minimum Gasteiger partial charge on any atom is -0.460 e. The molecule has 2 rings (SSSR count). The number of esters is 2. The van der Waals surface area contributed by atoms with Crippen molar-refractivity contribution in [2.45, 2.75) is 96.9 Å². The summed E-state index contributed by atoms with van der Waals surface area (Å²) in [7, 11) is 0. The molecule has 1 aliphatic rings. The van der Waals surface area contributed by atoms with E-state index in [1.165, 1.54) is 0 Å². The van der Waals surface area contributed by atoms with Crippen molar-refractivity contribution < 1.29 is 33.4 Å². The standard InChI is InChI=1S/C31H48N6O7/c1-30(2,3)43-25(39)19-22(35-24(38)12-15-34-26(40)21-13-16-37(17-14-21)29(32)33)27(41)36-23(28(42)44-31(4,5)6)18-20-10-8-7-9-11-20/h7-11,21-23H,12-19H2,1-6H3,(H3,32,33)(H,34,40)(H,35,38)(H,36,41)/t22-,23-/m0/s1. The Kier molecular flexibility index (Phi) is 13.2. The van der Waals surface area contributed by atoms with Crippen LogP contribution in [-0.2, 0) is 39.9 Å². The normalized spacial score (nSPS) is 15.4. The number of rotatable bonds is 12. The summed E-state index contributed by atoms with van der Waals surface area (Å²) in [4.78, 5) is 66.4. The third kappa shape index (κ3) is 13.4. The van der Waals surface area contributed by atoms with Crippen molar-refractivity contribution >= 4 is 35.6 Å². The summed E-state index contributed by atoms with van der Waals surface area (Å²) in [6.45, 7) is 11.2. The molecule has 44 heavy (non-hydrogen) atoms. The molecule has 0 unspecified atom stereocenters. The Labute approximate surface area is 259 Å². The summed E-state index contributed by atoms with van der Waals surface area (Å²) in [5, 5.41) is 15.5. The number of carbonyl (C=O) groups is 5. The van der Waals surface area contributed by atoms with E-state index in [0.717, 1.165) is 5.56 Å². The van der Waals surface area contributed by atoms with Crippen molar-refractivity contribution in [2.75, 3.05) is 19.6 Å². The lowest BCUT2D eigenvalue weighted by atomic mass is 9.96. The van der Waals surface area contributed by atoms with E-state index in [1.807, 2.05) is 30.3 Å². The first-order valence-electron chi connectivity index (χ1n) is 14.9. The first-order valence-corrected chi connectivity index (χ1v) is 14.9. The van der Waals surface area contributed by atoms with E-state index in [0.29, 0.717) is 25.9 Å². The Hall–Kier alpha value is -4.16. The molecule has 0 spiro atoms. The van der Waals surface area contributed by atoms with Crippen LogP contribution in [0, 0.1) is 11.3 Å². The molecule has 1 aromatic carbocycles. The van der Waals surface area contributed by atoms with Crippen molar-refractivity contribution in [2.24, 2.45) is 11.7 Å². The quantitative estimate of drug-likeness (QED) is 0.131. The summed E-state index contributed by atoms with van der Waals surface area (Å²) in [6, 6.07) is 6.64. The predicted molar refractivity (Wildman–Crippen MR) is 164 cm³/mol. The summed E-state index contributed by atoms with van der Waals surface area (Å²) in [5.74, 6) is -3.18. The van der Waals surface area contributed by atoms with E-state index in [9.17, 15) is 24.0 Å². The van der Waals surface area contributed by atoms with Crippen LogP contribution >= 0.6 is 0 Å². The predicted octanol–water partition coefficient (Wildman–Crippen LogP) is 1.38. The molecule has 244 valence electrons. The van der Waals surface area contributed by atoms with Gasteiger partial charge < -0.3 is 36.1 Å². The number of hydrogen-bond donors (Lipinski definition) is 5. The fourth-order valence-corrected chi connectivity index (χ4v) is 4.54. The largest absolute Gasteiger partial charge is 0.460 e. The van der Waals surface area contributed by atoms with Crippen molar-refractivity contribution in [3.63, 3.8) is 0 Å². The molecule has 0 aromatic heterocycles. The molecule has 0 radical (unpaired) electrons. The van der Waals surface area contributed by atoms with Crippen molar-refractivity contribution in [1.82, 2.24) is 20.9 Å². The molecule has 6 N–H and O–H groups in total. The lowest BCUT2D eigenvalue weighted by Gasteiger charge is -2.31. The van der Waals surface area contributed by atoms with E-state index >= 15 is 0 Å². The number of guanidine groups is 1. The Balaban J connectivity index is 2.08. The maximum absolute atomic E-state index is 13.5. The van der Waals surface area contributed by atoms with Gasteiger partial charge in [-0.2, -0.15) is 0 Å². The molecule has 1 heterocycles. The zero-order valence-corrected chi connectivity index (χ0v) is 26.7. The van der Waals surface area contributed by atoms with Crippen LogP contribution in [0.1, 0.15) is 72.8 Å². The molecular formula is C31H48N6O7. The monoisotopic (exact) mass is 616 g/mol. The van der Waals surface area contributed by atoms with Crippen LogP contribution in [0.15, 0.2) is 30.3 Å². The fraction of sp³-hybridized carbons (Fsp3) is 0.613. The summed E-state index contributed by atoms with van der Waals surface area (Å²) >= 11 is 0. The van der Waals surface area contributed by atoms with Crippen LogP contribution in [0.3, 0.4) is 0 Å². The first kappa shape index (κ1) is 36.0. The van der Waals surface area contributed by atoms with Crippen LogP contribution in [0.25, 0.3) is 0 Å². The molecule has 1 aromatic rings. The topological polar surface area (TPSA) is 193 Å². The SMILES string of the molecule is CC(C)(C)OC(=O)C[C@H](NC(=O)CCNC(=O)C1CCN(C(=N)N)CC1)C(=O)N[C@@H](Cc1ccccc1)C(=O)OC(C)(C)C. The molecule has 13 nitrogen and oxygen atoms in total. The minimum absolute atomic E-state index is 0.0207. The van der Waals surface area contributed by atoms with Crippen molar-refractivity contribution in [3.8, 4) is 0 Å². The third-order valence-corrected chi connectivity index (χ3v) is 6.59. The van der Waals surface area contributed by atoms with Gasteiger partial charge in [-0.05, 0) is 59.9 Å². The number of likely N-dealkylation sites (tertiary alicyclic amines) is 1. The van der Waals surface area contributed by atoms with Crippen molar-refractivity contribution in [1.29, 1.82) is 5.41 Å². The van der Waals surface area contributed by atoms with Gasteiger partial charge in [0.25, 0.3) is 0 Å². The molecule has 0 saturated carbocycles. The van der Waals surface area contributed by atoms with Gasteiger partial charge in [0, 0.05) is 38.4 Å². The molecule has 1 fully saturated rings. The Morgan fingerprint density at radius 2 is 1.52 bits per heavy atom. The van der Waals surface area contributed by atoms with Gasteiger partial charge in [0.1, 0.15) is 23.3 Å². The number of benzene rings is 1. The smallest absolute Gasteiger partial charge is 0.329 e. The van der Waals surface area contributed by atoms with E-state index in [-0.39, 0.29) is 37.2 Å². The summed E-state index contributed by atoms with van der Waals surface area (Å²) in [5.41, 5.74) is 4.65. The van der Waals surface area contributed by atoms with Gasteiger partial charge in [-0.3, -0.25) is 24.6 Å². The molecular weight excluding hydrogens is 568 g/mol. The minimum atomic E-state index is -1.34. The Bertz CT molecular complexity index is 1170. The van der Waals surface area contributed by atoms with Crippen LogP contribution in [0.2, 0.25) is 0 Å². The lowest BCUT2D eigenvalue weighted by molar-refractivity contribution is -0.159. The summed E-state index contributed by atoms with van der Waals surface area (Å²) in [6.07, 6.45) is 0.596. The van der Waals surface area contributed by atoms with Crippen LogP contribution < -0.4 is 21.7 Å². The van der Waals surface area contributed by atoms with Gasteiger partial charge >= 0.3 is 11.9 Å². The number of nitrogens with one attached hydrogen (secondary N) is 4. The van der Waals surface area contributed by atoms with E-state index in [2.05, 4.69) is 16.0 Å². The first-order chi connectivity index (χ1) is 20.4. The van der Waals surface area contributed by atoms with Gasteiger partial charge in [0.2, 0.25) is 17.7 Å². The number of carbonyl (C=O) groups excluding carboxylic acids is 5. The molecule has 1 aliphatic heterocycles. The van der Waals surface area contributed by atoms with Gasteiger partial charge in [-0.15, -0.1) is 0 Å². The highest BCUT2D eigenvalue weighted by Crippen LogP contribution is 2.17. The summed E-state index contributed by atoms with van der Waals surface area (Å²) < 4.78 is 10.9. The third-order valence-electron chi connectivity index (χ3n) is 6.59. The van der Waals surface area contributed by atoms with Crippen LogP contribution in [0.4, 0.5) is 0 Å². The second-order valence-electron chi connectivity index (χ2n) is 12.9. The number of ether oxygens (including phenoxy) is 2. The maximum atomic E-state index is 13.5. The van der Waals surface area contributed by atoms with E-state index in [4.69, 9.17) is 20.6 Å². The molecule has 2 atom stereocenters. The molecule has 0 bridgehead atoms. The van der Waals surface area contributed by atoms with E-state index in [1.54, 1.807) is 46.4 Å². The molecule has 3 amide bonds. The average molecular weight is 617 g/mol. The maximum Gasteiger partial charge on any atom is 0.329 e. The highest BCUT2D eigenvalue weighted by Gasteiger charge is 2.32. The van der Waals surface area contributed by atoms with Crippen LogP contribution in [-0.4, -0.2) is 83.4 Å². The fourth-order valence-electron chi connectivity index (χ4n) is 4.54. The van der Waals surface area contributed by atoms with Gasteiger partial charge in [0.05, 0.1) is 6.42 Å². The Morgan fingerprint density at radius 3 is 2.07 bits per heavy atom. The van der Waals surface area contributed by atoms with Gasteiger partial charge in [0.15, 0.2) is 5.96 Å². The highest BCUT2D eigenvalue weighted by atomic mass is 16.6. The number of piperidine rings is 1. The zero-order valence-electron chi connectivity index (χ0n) is 26.7.